The van der Waals surface area contributed by atoms with E-state index in [1.807, 2.05) is 26.8 Å². The molecule has 2 N–H and O–H groups in total. The maximum atomic E-state index is 13.3. The Labute approximate surface area is 208 Å². The van der Waals surface area contributed by atoms with Crippen molar-refractivity contribution in [2.24, 2.45) is 17.3 Å². The largest absolute Gasteiger partial charge is 0.455 e. The molecule has 1 aromatic heterocycles. The molecule has 2 aliphatic rings. The van der Waals surface area contributed by atoms with E-state index in [2.05, 4.69) is 11.9 Å². The molecule has 7 nitrogen and oxygen atoms in total. The van der Waals surface area contributed by atoms with Gasteiger partial charge >= 0.3 is 5.97 Å². The summed E-state index contributed by atoms with van der Waals surface area (Å²) in [7, 11) is 0. The van der Waals surface area contributed by atoms with E-state index < -0.39 is 35.0 Å². The van der Waals surface area contributed by atoms with Crippen molar-refractivity contribution >= 4 is 17.8 Å². The second-order valence-electron chi connectivity index (χ2n) is 11.1. The van der Waals surface area contributed by atoms with E-state index in [1.165, 1.54) is 6.08 Å². The Morgan fingerprint density at radius 2 is 1.94 bits per heavy atom. The molecular weight excluding hydrogens is 446 g/mol. The van der Waals surface area contributed by atoms with Crippen LogP contribution in [0.4, 0.5) is 0 Å². The van der Waals surface area contributed by atoms with E-state index in [1.54, 1.807) is 31.3 Å². The minimum absolute atomic E-state index is 0.0297. The van der Waals surface area contributed by atoms with Gasteiger partial charge in [-0.25, -0.2) is 0 Å². The number of nitrogens with zero attached hydrogens (tertiary/aromatic N) is 1. The number of aliphatic hydroxyl groups excluding tert-OH is 1. The zero-order chi connectivity index (χ0) is 25.9. The summed E-state index contributed by atoms with van der Waals surface area (Å²) in [5.41, 5.74) is -0.972. The van der Waals surface area contributed by atoms with Gasteiger partial charge < -0.3 is 19.7 Å². The number of aliphatic hydroxyl groups is 2. The van der Waals surface area contributed by atoms with Crippen LogP contribution in [-0.4, -0.2) is 50.5 Å². The van der Waals surface area contributed by atoms with Gasteiger partial charge in [0.15, 0.2) is 12.2 Å². The maximum absolute atomic E-state index is 13.3. The first-order chi connectivity index (χ1) is 16.4. The molecule has 0 aromatic carbocycles. The highest BCUT2D eigenvalue weighted by Gasteiger charge is 2.71. The molecule has 2 fully saturated rings. The summed E-state index contributed by atoms with van der Waals surface area (Å²) in [6.07, 6.45) is 6.38. The topological polar surface area (TPSA) is 109 Å². The number of aromatic nitrogens is 1. The van der Waals surface area contributed by atoms with E-state index in [9.17, 15) is 19.8 Å². The number of cyclic esters (lactones) is 1. The second-order valence-corrected chi connectivity index (χ2v) is 11.1. The second kappa shape index (κ2) is 10.9. The average Bonchev–Trinajstić information content (AvgIpc) is 3.39. The molecule has 0 bridgehead atoms. The van der Waals surface area contributed by atoms with Crippen LogP contribution >= 0.6 is 0 Å². The van der Waals surface area contributed by atoms with Crippen molar-refractivity contribution in [3.63, 3.8) is 0 Å². The summed E-state index contributed by atoms with van der Waals surface area (Å²) in [5.74, 6) is -1.88. The first-order valence-corrected chi connectivity index (χ1v) is 12.9. The molecular formula is C28H41NO6. The monoisotopic (exact) mass is 487 g/mol. The van der Waals surface area contributed by atoms with Gasteiger partial charge in [0.05, 0.1) is 5.69 Å². The summed E-state index contributed by atoms with van der Waals surface area (Å²) in [6, 6.07) is 5.40. The number of epoxide rings is 1. The molecule has 194 valence electrons. The van der Waals surface area contributed by atoms with Gasteiger partial charge in [0, 0.05) is 24.0 Å². The fourth-order valence-corrected chi connectivity index (χ4v) is 5.17. The third-order valence-corrected chi connectivity index (χ3v) is 7.74. The van der Waals surface area contributed by atoms with Gasteiger partial charge in [-0.3, -0.25) is 14.6 Å². The smallest absolute Gasteiger partial charge is 0.306 e. The average molecular weight is 488 g/mol. The van der Waals surface area contributed by atoms with Crippen LogP contribution in [0.25, 0.3) is 6.08 Å². The predicted molar refractivity (Wildman–Crippen MR) is 133 cm³/mol. The normalized spacial score (nSPS) is 37.0. The van der Waals surface area contributed by atoms with Gasteiger partial charge in [-0.2, -0.15) is 0 Å². The van der Waals surface area contributed by atoms with Crippen LogP contribution in [-0.2, 0) is 19.1 Å². The number of esters is 1. The van der Waals surface area contributed by atoms with E-state index in [0.29, 0.717) is 24.5 Å². The Morgan fingerprint density at radius 1 is 1.20 bits per heavy atom. The van der Waals surface area contributed by atoms with Gasteiger partial charge in [-0.1, -0.05) is 46.6 Å². The van der Waals surface area contributed by atoms with Crippen LogP contribution in [0.5, 0.6) is 0 Å². The van der Waals surface area contributed by atoms with Crippen molar-refractivity contribution in [1.82, 2.24) is 4.98 Å². The lowest BCUT2D eigenvalue weighted by atomic mass is 9.74. The highest BCUT2D eigenvalue weighted by atomic mass is 16.8. The number of pyridine rings is 1. The third kappa shape index (κ3) is 6.38. The SMILES string of the molecule is CCC1CC(C)CCCC2(C)OC2(O)C(O)C(C=Cc2ccccn2)OC(=O)CCC(C)(C)C1=O. The molecule has 2 aliphatic heterocycles. The van der Waals surface area contributed by atoms with Crippen molar-refractivity contribution in [2.45, 2.75) is 103 Å². The van der Waals surface area contributed by atoms with Gasteiger partial charge in [0.2, 0.25) is 5.79 Å². The fraction of sp³-hybridized carbons (Fsp3) is 0.679. The maximum Gasteiger partial charge on any atom is 0.306 e. The number of ketones is 1. The number of rotatable bonds is 3. The Kier molecular flexibility index (Phi) is 8.56. The fourth-order valence-electron chi connectivity index (χ4n) is 5.17. The van der Waals surface area contributed by atoms with Crippen molar-refractivity contribution in [3.8, 4) is 0 Å². The Bertz CT molecular complexity index is 915. The molecule has 35 heavy (non-hydrogen) atoms. The lowest BCUT2D eigenvalue weighted by molar-refractivity contribution is -0.164. The molecule has 6 unspecified atom stereocenters. The lowest BCUT2D eigenvalue weighted by Gasteiger charge is -2.30. The molecule has 0 aliphatic carbocycles. The van der Waals surface area contributed by atoms with Crippen LogP contribution < -0.4 is 0 Å². The highest BCUT2D eigenvalue weighted by molar-refractivity contribution is 5.86. The standard InChI is InChI=1S/C28H41NO6/c1-6-20-18-19(2)10-9-15-27(5)28(33,35-27)25(32)22(13-12-21-11-7-8-17-29-21)34-23(30)14-16-26(3,4)24(20)31/h7-8,11-13,17,19-20,22,25,32-33H,6,9-10,14-16,18H2,1-5H3. The van der Waals surface area contributed by atoms with E-state index in [0.717, 1.165) is 25.7 Å². The van der Waals surface area contributed by atoms with Gasteiger partial charge in [0.1, 0.15) is 11.4 Å². The summed E-state index contributed by atoms with van der Waals surface area (Å²) in [6.45, 7) is 9.74. The Hall–Kier alpha value is -2.09. The molecule has 7 heteroatoms. The first kappa shape index (κ1) is 27.5. The van der Waals surface area contributed by atoms with Gasteiger partial charge in [0.25, 0.3) is 0 Å². The van der Waals surface area contributed by atoms with Gasteiger partial charge in [-0.05, 0) is 62.8 Å². The van der Waals surface area contributed by atoms with Crippen molar-refractivity contribution in [3.05, 3.63) is 36.2 Å². The molecule has 6 atom stereocenters. The third-order valence-electron chi connectivity index (χ3n) is 7.74. The van der Waals surface area contributed by atoms with E-state index in [4.69, 9.17) is 9.47 Å². The summed E-state index contributed by atoms with van der Waals surface area (Å²) in [5, 5.41) is 22.2. The number of carbonyl (C=O) groups is 2. The number of hydrogen-bond donors (Lipinski definition) is 2. The van der Waals surface area contributed by atoms with Crippen LogP contribution in [0.15, 0.2) is 30.5 Å². The number of ether oxygens (including phenoxy) is 2. The molecule has 0 radical (unpaired) electrons. The van der Waals surface area contributed by atoms with Crippen LogP contribution in [0.3, 0.4) is 0 Å². The molecule has 2 saturated heterocycles. The van der Waals surface area contributed by atoms with Crippen molar-refractivity contribution in [1.29, 1.82) is 0 Å². The van der Waals surface area contributed by atoms with Gasteiger partial charge in [-0.15, -0.1) is 0 Å². The van der Waals surface area contributed by atoms with E-state index >= 15 is 0 Å². The number of fused-ring (bicyclic) bond motifs is 1. The number of Topliss-reactive ketones (excluding diaryl/α,β-unsaturated/α-hetero) is 1. The Balaban J connectivity index is 1.86. The summed E-state index contributed by atoms with van der Waals surface area (Å²) < 4.78 is 11.3. The van der Waals surface area contributed by atoms with Crippen molar-refractivity contribution in [2.75, 3.05) is 0 Å². The zero-order valence-corrected chi connectivity index (χ0v) is 21.7. The van der Waals surface area contributed by atoms with Crippen LogP contribution in [0.2, 0.25) is 0 Å². The molecule has 3 rings (SSSR count). The molecule has 0 saturated carbocycles. The molecule has 1 aromatic rings. The Morgan fingerprint density at radius 3 is 2.60 bits per heavy atom. The first-order valence-electron chi connectivity index (χ1n) is 12.9. The number of hydrogen-bond acceptors (Lipinski definition) is 7. The molecule has 3 heterocycles. The van der Waals surface area contributed by atoms with Crippen LogP contribution in [0, 0.1) is 17.3 Å². The highest BCUT2D eigenvalue weighted by Crippen LogP contribution is 2.52. The van der Waals surface area contributed by atoms with E-state index in [-0.39, 0.29) is 18.1 Å². The predicted octanol–water partition coefficient (Wildman–Crippen LogP) is 4.46. The lowest BCUT2D eigenvalue weighted by Crippen LogP contribution is -2.45. The summed E-state index contributed by atoms with van der Waals surface area (Å²) in [4.78, 5) is 30.4. The molecule has 0 spiro atoms. The number of carbonyl (C=O) groups excluding carboxylic acids is 2. The van der Waals surface area contributed by atoms with Crippen molar-refractivity contribution < 1.29 is 29.3 Å². The molecule has 0 amide bonds. The zero-order valence-electron chi connectivity index (χ0n) is 21.7. The summed E-state index contributed by atoms with van der Waals surface area (Å²) >= 11 is 0. The van der Waals surface area contributed by atoms with Crippen LogP contribution in [0.1, 0.15) is 85.3 Å². The quantitative estimate of drug-likeness (QED) is 0.479. The minimum atomic E-state index is -1.81. The minimum Gasteiger partial charge on any atom is -0.455 e.